The summed E-state index contributed by atoms with van der Waals surface area (Å²) in [4.78, 5) is 0. The van der Waals surface area contributed by atoms with Gasteiger partial charge in [0.05, 0.1) is 11.4 Å². The lowest BCUT2D eigenvalue weighted by atomic mass is 10.1. The lowest BCUT2D eigenvalue weighted by Gasteiger charge is -2.01. The van der Waals surface area contributed by atoms with Gasteiger partial charge in [-0.05, 0) is 26.0 Å². The molecule has 0 aliphatic rings. The lowest BCUT2D eigenvalue weighted by Crippen LogP contribution is -2.05. The van der Waals surface area contributed by atoms with Crippen molar-refractivity contribution in [3.63, 3.8) is 0 Å². The maximum absolute atomic E-state index is 6.01. The van der Waals surface area contributed by atoms with E-state index < -0.39 is 0 Å². The molecule has 0 spiro atoms. The summed E-state index contributed by atoms with van der Waals surface area (Å²) in [6, 6.07) is 13.7. The number of nitrogens with zero attached hydrogens (tertiary/aromatic N) is 4. The molecule has 2 aromatic heterocycles. The topological polar surface area (TPSA) is 69.6 Å². The molecule has 0 bridgehead atoms. The normalized spacial score (nSPS) is 10.7. The second kappa shape index (κ2) is 4.77. The zero-order valence-electron chi connectivity index (χ0n) is 11.4. The van der Waals surface area contributed by atoms with Crippen molar-refractivity contribution in [2.24, 2.45) is 0 Å². The van der Waals surface area contributed by atoms with Gasteiger partial charge >= 0.3 is 0 Å². The molecule has 2 heterocycles. The first-order valence-electron chi connectivity index (χ1n) is 6.37. The van der Waals surface area contributed by atoms with E-state index in [4.69, 9.17) is 5.73 Å². The number of benzene rings is 1. The molecule has 100 valence electrons. The largest absolute Gasteiger partial charge is 0.384 e. The van der Waals surface area contributed by atoms with Gasteiger partial charge in [0.25, 0.3) is 0 Å². The van der Waals surface area contributed by atoms with Crippen molar-refractivity contribution in [2.75, 3.05) is 5.73 Å². The van der Waals surface area contributed by atoms with E-state index in [1.165, 1.54) is 5.56 Å². The second-order valence-corrected chi connectivity index (χ2v) is 4.77. The van der Waals surface area contributed by atoms with Crippen LogP contribution in [0.4, 0.5) is 5.82 Å². The zero-order chi connectivity index (χ0) is 14.1. The van der Waals surface area contributed by atoms with Gasteiger partial charge in [0, 0.05) is 11.6 Å². The van der Waals surface area contributed by atoms with Crippen LogP contribution in [0.2, 0.25) is 0 Å². The van der Waals surface area contributed by atoms with E-state index in [-0.39, 0.29) is 0 Å². The van der Waals surface area contributed by atoms with E-state index in [0.29, 0.717) is 11.6 Å². The van der Waals surface area contributed by atoms with Crippen LogP contribution in [-0.2, 0) is 0 Å². The highest BCUT2D eigenvalue weighted by Gasteiger charge is 2.09. The van der Waals surface area contributed by atoms with Gasteiger partial charge in [0.15, 0.2) is 5.82 Å². The van der Waals surface area contributed by atoms with Gasteiger partial charge in [-0.3, -0.25) is 0 Å². The minimum Gasteiger partial charge on any atom is -0.384 e. The number of aromatic nitrogens is 4. The molecule has 0 aliphatic heterocycles. The fourth-order valence-electron chi connectivity index (χ4n) is 1.95. The molecular formula is C15H15N5. The summed E-state index contributed by atoms with van der Waals surface area (Å²) in [5.74, 6) is 1.16. The molecule has 1 aromatic carbocycles. The van der Waals surface area contributed by atoms with E-state index in [2.05, 4.69) is 34.4 Å². The maximum Gasteiger partial charge on any atom is 0.178 e. The SMILES string of the molecule is Cc1ccc(-c2cc(N)n(-c3ccc(C)nn3)n2)cc1. The monoisotopic (exact) mass is 265 g/mol. The number of aryl methyl sites for hydroxylation is 2. The Morgan fingerprint density at radius 3 is 2.35 bits per heavy atom. The minimum atomic E-state index is 0.540. The third-order valence-corrected chi connectivity index (χ3v) is 3.09. The summed E-state index contributed by atoms with van der Waals surface area (Å²) in [5.41, 5.74) is 9.94. The van der Waals surface area contributed by atoms with Crippen molar-refractivity contribution < 1.29 is 0 Å². The molecule has 0 saturated carbocycles. The van der Waals surface area contributed by atoms with Crippen molar-refractivity contribution in [1.82, 2.24) is 20.0 Å². The van der Waals surface area contributed by atoms with Crippen molar-refractivity contribution in [3.8, 4) is 17.1 Å². The molecule has 2 N–H and O–H groups in total. The Hall–Kier alpha value is -2.69. The van der Waals surface area contributed by atoms with E-state index in [0.717, 1.165) is 17.0 Å². The van der Waals surface area contributed by atoms with Gasteiger partial charge in [-0.1, -0.05) is 29.8 Å². The quantitative estimate of drug-likeness (QED) is 0.773. The molecule has 5 nitrogen and oxygen atoms in total. The Morgan fingerprint density at radius 2 is 1.70 bits per heavy atom. The van der Waals surface area contributed by atoms with Crippen LogP contribution in [-0.4, -0.2) is 20.0 Å². The Morgan fingerprint density at radius 1 is 0.950 bits per heavy atom. The smallest absolute Gasteiger partial charge is 0.178 e. The maximum atomic E-state index is 6.01. The third kappa shape index (κ3) is 2.25. The molecule has 0 saturated heterocycles. The lowest BCUT2D eigenvalue weighted by molar-refractivity contribution is 0.816. The van der Waals surface area contributed by atoms with Gasteiger partial charge < -0.3 is 5.73 Å². The second-order valence-electron chi connectivity index (χ2n) is 4.77. The highest BCUT2D eigenvalue weighted by atomic mass is 15.4. The van der Waals surface area contributed by atoms with Gasteiger partial charge in [-0.15, -0.1) is 5.10 Å². The number of hydrogen-bond donors (Lipinski definition) is 1. The summed E-state index contributed by atoms with van der Waals surface area (Å²) in [6.07, 6.45) is 0. The third-order valence-electron chi connectivity index (χ3n) is 3.09. The zero-order valence-corrected chi connectivity index (χ0v) is 11.4. The van der Waals surface area contributed by atoms with Crippen LogP contribution in [0.5, 0.6) is 0 Å². The summed E-state index contributed by atoms with van der Waals surface area (Å²) in [7, 11) is 0. The first-order chi connectivity index (χ1) is 9.63. The summed E-state index contributed by atoms with van der Waals surface area (Å²) >= 11 is 0. The summed E-state index contributed by atoms with van der Waals surface area (Å²) in [6.45, 7) is 3.94. The predicted molar refractivity (Wildman–Crippen MR) is 78.5 cm³/mol. The van der Waals surface area contributed by atoms with Crippen LogP contribution >= 0.6 is 0 Å². The standard InChI is InChI=1S/C15H15N5/c1-10-3-6-12(7-4-10)13-9-14(16)20(19-13)15-8-5-11(2)17-18-15/h3-9H,16H2,1-2H3. The van der Waals surface area contributed by atoms with E-state index in [1.807, 2.05) is 37.3 Å². The van der Waals surface area contributed by atoms with E-state index >= 15 is 0 Å². The molecule has 0 fully saturated rings. The van der Waals surface area contributed by atoms with Crippen LogP contribution in [0.3, 0.4) is 0 Å². The van der Waals surface area contributed by atoms with Gasteiger partial charge in [0.2, 0.25) is 0 Å². The molecule has 0 amide bonds. The van der Waals surface area contributed by atoms with E-state index in [1.54, 1.807) is 4.68 Å². The number of rotatable bonds is 2. The first-order valence-corrected chi connectivity index (χ1v) is 6.37. The fourth-order valence-corrected chi connectivity index (χ4v) is 1.95. The predicted octanol–water partition coefficient (Wildman–Crippen LogP) is 2.53. The average molecular weight is 265 g/mol. The van der Waals surface area contributed by atoms with Gasteiger partial charge in [-0.25, -0.2) is 0 Å². The molecular weight excluding hydrogens is 250 g/mol. The molecule has 20 heavy (non-hydrogen) atoms. The molecule has 0 atom stereocenters. The molecule has 3 aromatic rings. The van der Waals surface area contributed by atoms with Crippen molar-refractivity contribution in [1.29, 1.82) is 0 Å². The van der Waals surface area contributed by atoms with Crippen LogP contribution in [0.25, 0.3) is 17.1 Å². The molecule has 3 rings (SSSR count). The first kappa shape index (κ1) is 12.3. The Balaban J connectivity index is 2.02. The van der Waals surface area contributed by atoms with Crippen molar-refractivity contribution in [3.05, 3.63) is 53.7 Å². The molecule has 0 aliphatic carbocycles. The Bertz CT molecular complexity index is 726. The Kier molecular flexibility index (Phi) is 2.95. The van der Waals surface area contributed by atoms with Crippen LogP contribution < -0.4 is 5.73 Å². The average Bonchev–Trinajstić information content (AvgIpc) is 2.82. The number of hydrogen-bond acceptors (Lipinski definition) is 4. The number of nitrogens with two attached hydrogens (primary N) is 1. The Labute approximate surface area is 117 Å². The fraction of sp³-hybridized carbons (Fsp3) is 0.133. The molecule has 0 radical (unpaired) electrons. The number of anilines is 1. The van der Waals surface area contributed by atoms with E-state index in [9.17, 15) is 0 Å². The highest BCUT2D eigenvalue weighted by Crippen LogP contribution is 2.22. The summed E-state index contributed by atoms with van der Waals surface area (Å²) in [5, 5.41) is 12.6. The van der Waals surface area contributed by atoms with Gasteiger partial charge in [0.1, 0.15) is 5.82 Å². The van der Waals surface area contributed by atoms with Gasteiger partial charge in [-0.2, -0.15) is 14.9 Å². The molecule has 5 heteroatoms. The van der Waals surface area contributed by atoms with Crippen LogP contribution in [0.1, 0.15) is 11.3 Å². The van der Waals surface area contributed by atoms with Crippen LogP contribution in [0, 0.1) is 13.8 Å². The number of nitrogen functional groups attached to an aromatic ring is 1. The van der Waals surface area contributed by atoms with Crippen LogP contribution in [0.15, 0.2) is 42.5 Å². The summed E-state index contributed by atoms with van der Waals surface area (Å²) < 4.78 is 1.60. The van der Waals surface area contributed by atoms with Crippen molar-refractivity contribution in [2.45, 2.75) is 13.8 Å². The minimum absolute atomic E-state index is 0.540. The van der Waals surface area contributed by atoms with Crippen molar-refractivity contribution >= 4 is 5.82 Å². The highest BCUT2D eigenvalue weighted by molar-refractivity contribution is 5.63. The molecule has 0 unspecified atom stereocenters.